The van der Waals surface area contributed by atoms with Gasteiger partial charge in [-0.25, -0.2) is 4.79 Å². The molecule has 0 fully saturated rings. The quantitative estimate of drug-likeness (QED) is 0.474. The molecule has 0 aromatic heterocycles. The average molecular weight is 465 g/mol. The second-order valence-electron chi connectivity index (χ2n) is 7.47. The molecular formula is C26H25ClN2O4. The number of halogens is 1. The zero-order valence-electron chi connectivity index (χ0n) is 18.2. The minimum atomic E-state index is -0.931. The van der Waals surface area contributed by atoms with Crippen LogP contribution in [0.4, 0.5) is 0 Å². The van der Waals surface area contributed by atoms with Gasteiger partial charge >= 0.3 is 5.97 Å². The summed E-state index contributed by atoms with van der Waals surface area (Å²) in [5, 5.41) is 5.79. The van der Waals surface area contributed by atoms with Crippen molar-refractivity contribution in [3.63, 3.8) is 0 Å². The third kappa shape index (κ3) is 6.92. The summed E-state index contributed by atoms with van der Waals surface area (Å²) < 4.78 is 4.89. The summed E-state index contributed by atoms with van der Waals surface area (Å²) in [4.78, 5) is 38.5. The van der Waals surface area contributed by atoms with Crippen LogP contribution in [0.2, 0.25) is 5.02 Å². The Balaban J connectivity index is 1.81. The molecule has 3 aromatic carbocycles. The Bertz CT molecular complexity index is 1090. The number of carbonyl (C=O) groups is 3. The molecule has 0 aliphatic heterocycles. The van der Waals surface area contributed by atoms with Gasteiger partial charge in [0.2, 0.25) is 5.91 Å². The summed E-state index contributed by atoms with van der Waals surface area (Å²) >= 11 is 6.15. The lowest BCUT2D eigenvalue weighted by molar-refractivity contribution is -0.145. The topological polar surface area (TPSA) is 84.5 Å². The summed E-state index contributed by atoms with van der Waals surface area (Å²) in [6.45, 7) is 0. The lowest BCUT2D eigenvalue weighted by Gasteiger charge is -2.23. The highest BCUT2D eigenvalue weighted by Gasteiger charge is 2.28. The molecule has 3 aromatic rings. The smallest absolute Gasteiger partial charge is 0.328 e. The standard InChI is InChI=1S/C26H25ClN2O4/c1-33-26(32)23(17-19-12-6-3-7-13-19)29-25(31)22(16-18-10-4-2-5-11-18)28-24(30)20-14-8-9-15-21(20)27/h2-15,22-23H,16-17H2,1H3,(H,28,30)(H,29,31)/t22-,23-/m0/s1. The molecular weight excluding hydrogens is 440 g/mol. The maximum absolute atomic E-state index is 13.3. The first-order valence-corrected chi connectivity index (χ1v) is 10.9. The van der Waals surface area contributed by atoms with E-state index in [-0.39, 0.29) is 23.4 Å². The molecule has 3 rings (SSSR count). The highest BCUT2D eigenvalue weighted by atomic mass is 35.5. The Morgan fingerprint density at radius 2 is 1.27 bits per heavy atom. The van der Waals surface area contributed by atoms with Crippen LogP contribution in [0.3, 0.4) is 0 Å². The summed E-state index contributed by atoms with van der Waals surface area (Å²) in [6.07, 6.45) is 0.498. The number of benzene rings is 3. The van der Waals surface area contributed by atoms with Crippen LogP contribution in [-0.4, -0.2) is 37.0 Å². The summed E-state index contributed by atoms with van der Waals surface area (Å²) in [5.74, 6) is -1.54. The molecule has 0 aliphatic rings. The van der Waals surface area contributed by atoms with Gasteiger partial charge in [-0.3, -0.25) is 9.59 Å². The number of ether oxygens (including phenoxy) is 1. The fourth-order valence-electron chi connectivity index (χ4n) is 3.40. The first-order chi connectivity index (χ1) is 16.0. The monoisotopic (exact) mass is 464 g/mol. The van der Waals surface area contributed by atoms with Gasteiger partial charge in [0.25, 0.3) is 5.91 Å². The van der Waals surface area contributed by atoms with Crippen molar-refractivity contribution in [3.8, 4) is 0 Å². The molecule has 0 spiro atoms. The van der Waals surface area contributed by atoms with E-state index in [1.165, 1.54) is 7.11 Å². The fourth-order valence-corrected chi connectivity index (χ4v) is 3.62. The molecule has 0 bridgehead atoms. The van der Waals surface area contributed by atoms with E-state index < -0.39 is 29.9 Å². The normalized spacial score (nSPS) is 12.3. The number of hydrogen-bond acceptors (Lipinski definition) is 4. The van der Waals surface area contributed by atoms with Gasteiger partial charge in [0, 0.05) is 12.8 Å². The minimum Gasteiger partial charge on any atom is -0.467 e. The molecule has 0 saturated heterocycles. The van der Waals surface area contributed by atoms with Crippen molar-refractivity contribution >= 4 is 29.4 Å². The lowest BCUT2D eigenvalue weighted by atomic mass is 10.0. The average Bonchev–Trinajstić information content (AvgIpc) is 2.84. The first kappa shape index (κ1) is 24.0. The molecule has 2 atom stereocenters. The van der Waals surface area contributed by atoms with Crippen LogP contribution in [0.1, 0.15) is 21.5 Å². The van der Waals surface area contributed by atoms with Crippen molar-refractivity contribution in [2.75, 3.05) is 7.11 Å². The van der Waals surface area contributed by atoms with Crippen LogP contribution in [-0.2, 0) is 27.2 Å². The second kappa shape index (κ2) is 11.8. The number of carbonyl (C=O) groups excluding carboxylic acids is 3. The Labute approximate surface area is 197 Å². The van der Waals surface area contributed by atoms with Gasteiger partial charge in [0.05, 0.1) is 17.7 Å². The number of esters is 1. The van der Waals surface area contributed by atoms with Gasteiger partial charge in [0.15, 0.2) is 0 Å². The molecule has 0 saturated carbocycles. The van der Waals surface area contributed by atoms with E-state index in [0.29, 0.717) is 0 Å². The summed E-state index contributed by atoms with van der Waals surface area (Å²) in [7, 11) is 1.27. The molecule has 33 heavy (non-hydrogen) atoms. The number of nitrogens with one attached hydrogen (secondary N) is 2. The zero-order chi connectivity index (χ0) is 23.6. The van der Waals surface area contributed by atoms with Crippen molar-refractivity contribution in [2.24, 2.45) is 0 Å². The molecule has 170 valence electrons. The van der Waals surface area contributed by atoms with Crippen LogP contribution in [0.5, 0.6) is 0 Å². The largest absolute Gasteiger partial charge is 0.467 e. The van der Waals surface area contributed by atoms with E-state index in [4.69, 9.17) is 16.3 Å². The Morgan fingerprint density at radius 3 is 1.82 bits per heavy atom. The van der Waals surface area contributed by atoms with Gasteiger partial charge in [-0.15, -0.1) is 0 Å². The van der Waals surface area contributed by atoms with E-state index in [9.17, 15) is 14.4 Å². The van der Waals surface area contributed by atoms with Crippen LogP contribution in [0.25, 0.3) is 0 Å². The fraction of sp³-hybridized carbons (Fsp3) is 0.192. The highest BCUT2D eigenvalue weighted by molar-refractivity contribution is 6.33. The third-order valence-corrected chi connectivity index (χ3v) is 5.44. The van der Waals surface area contributed by atoms with E-state index >= 15 is 0 Å². The minimum absolute atomic E-state index is 0.238. The number of hydrogen-bond donors (Lipinski definition) is 2. The number of amides is 2. The molecule has 6 nitrogen and oxygen atoms in total. The Kier molecular flexibility index (Phi) is 8.61. The van der Waals surface area contributed by atoms with Gasteiger partial charge < -0.3 is 15.4 Å². The van der Waals surface area contributed by atoms with Gasteiger partial charge in [-0.05, 0) is 23.3 Å². The maximum atomic E-state index is 13.3. The predicted molar refractivity (Wildman–Crippen MR) is 127 cm³/mol. The second-order valence-corrected chi connectivity index (χ2v) is 7.88. The van der Waals surface area contributed by atoms with Gasteiger partial charge in [0.1, 0.15) is 12.1 Å². The summed E-state index contributed by atoms with van der Waals surface area (Å²) in [5.41, 5.74) is 1.99. The van der Waals surface area contributed by atoms with Crippen molar-refractivity contribution in [1.29, 1.82) is 0 Å². The molecule has 0 heterocycles. The Hall–Kier alpha value is -3.64. The van der Waals surface area contributed by atoms with Crippen LogP contribution in [0, 0.1) is 0 Å². The molecule has 0 radical (unpaired) electrons. The van der Waals surface area contributed by atoms with E-state index in [1.807, 2.05) is 60.7 Å². The van der Waals surface area contributed by atoms with E-state index in [2.05, 4.69) is 10.6 Å². The molecule has 0 unspecified atom stereocenters. The van der Waals surface area contributed by atoms with Crippen molar-refractivity contribution in [2.45, 2.75) is 24.9 Å². The van der Waals surface area contributed by atoms with Crippen LogP contribution < -0.4 is 10.6 Å². The number of methoxy groups -OCH3 is 1. The van der Waals surface area contributed by atoms with Crippen molar-refractivity contribution < 1.29 is 19.1 Å². The maximum Gasteiger partial charge on any atom is 0.328 e. The third-order valence-electron chi connectivity index (χ3n) is 5.11. The molecule has 2 N–H and O–H groups in total. The molecule has 2 amide bonds. The van der Waals surface area contributed by atoms with Crippen LogP contribution in [0.15, 0.2) is 84.9 Å². The first-order valence-electron chi connectivity index (χ1n) is 10.5. The van der Waals surface area contributed by atoms with Crippen molar-refractivity contribution in [3.05, 3.63) is 107 Å². The Morgan fingerprint density at radius 1 is 0.758 bits per heavy atom. The van der Waals surface area contributed by atoms with Crippen molar-refractivity contribution in [1.82, 2.24) is 10.6 Å². The number of rotatable bonds is 9. The van der Waals surface area contributed by atoms with E-state index in [0.717, 1.165) is 11.1 Å². The SMILES string of the molecule is COC(=O)[C@H](Cc1ccccc1)NC(=O)[C@H](Cc1ccccc1)NC(=O)c1ccccc1Cl. The lowest BCUT2D eigenvalue weighted by Crippen LogP contribution is -2.53. The van der Waals surface area contributed by atoms with Gasteiger partial charge in [-0.1, -0.05) is 84.4 Å². The molecule has 7 heteroatoms. The van der Waals surface area contributed by atoms with Crippen LogP contribution >= 0.6 is 11.6 Å². The molecule has 0 aliphatic carbocycles. The van der Waals surface area contributed by atoms with E-state index in [1.54, 1.807) is 24.3 Å². The zero-order valence-corrected chi connectivity index (χ0v) is 18.9. The predicted octanol–water partition coefficient (Wildman–Crippen LogP) is 3.58. The van der Waals surface area contributed by atoms with Gasteiger partial charge in [-0.2, -0.15) is 0 Å². The highest BCUT2D eigenvalue weighted by Crippen LogP contribution is 2.15. The summed E-state index contributed by atoms with van der Waals surface area (Å²) in [6, 6.07) is 23.4.